The molecule has 0 aliphatic carbocycles. The molecule has 1 aliphatic rings. The Morgan fingerprint density at radius 2 is 1.75 bits per heavy atom. The van der Waals surface area contributed by atoms with Crippen LogP contribution in [-0.2, 0) is 4.79 Å². The fourth-order valence-electron chi connectivity index (χ4n) is 2.86. The number of hydrazone groups is 1. The minimum atomic E-state index is -4.83. The quantitative estimate of drug-likeness (QED) is 0.265. The van der Waals surface area contributed by atoms with Gasteiger partial charge in [-0.1, -0.05) is 29.8 Å². The molecular formula is C22H12ClF3N2O3S. The Balaban J connectivity index is 1.60. The SMILES string of the molecule is O=C(Oc1ccc(C=C2C(=O)N(c3ccc(Cl)cc3)N=C2C(F)(F)F)cc1)c1cccs1. The van der Waals surface area contributed by atoms with Crippen molar-refractivity contribution in [2.75, 3.05) is 5.01 Å². The number of benzene rings is 2. The van der Waals surface area contributed by atoms with Gasteiger partial charge in [0.25, 0.3) is 5.91 Å². The first kappa shape index (κ1) is 21.8. The highest BCUT2D eigenvalue weighted by atomic mass is 35.5. The lowest BCUT2D eigenvalue weighted by atomic mass is 10.1. The maximum absolute atomic E-state index is 13.6. The monoisotopic (exact) mass is 476 g/mol. The highest BCUT2D eigenvalue weighted by Crippen LogP contribution is 2.33. The molecule has 1 amide bonds. The molecule has 0 radical (unpaired) electrons. The van der Waals surface area contributed by atoms with E-state index in [4.69, 9.17) is 16.3 Å². The van der Waals surface area contributed by atoms with Crippen LogP contribution < -0.4 is 9.75 Å². The lowest BCUT2D eigenvalue weighted by Gasteiger charge is -2.11. The van der Waals surface area contributed by atoms with E-state index >= 15 is 0 Å². The number of anilines is 1. The maximum atomic E-state index is 13.6. The van der Waals surface area contributed by atoms with Crippen molar-refractivity contribution in [3.05, 3.63) is 87.1 Å². The van der Waals surface area contributed by atoms with Gasteiger partial charge in [0, 0.05) is 5.02 Å². The highest BCUT2D eigenvalue weighted by molar-refractivity contribution is 7.12. The fourth-order valence-corrected chi connectivity index (χ4v) is 3.59. The summed E-state index contributed by atoms with van der Waals surface area (Å²) < 4.78 is 45.9. The normalized spacial score (nSPS) is 15.2. The molecule has 0 bridgehead atoms. The zero-order chi connectivity index (χ0) is 22.9. The average Bonchev–Trinajstić information content (AvgIpc) is 3.39. The summed E-state index contributed by atoms with van der Waals surface area (Å²) in [5.74, 6) is -1.24. The summed E-state index contributed by atoms with van der Waals surface area (Å²) in [6, 6.07) is 14.8. The van der Waals surface area contributed by atoms with Gasteiger partial charge in [0.05, 0.1) is 11.3 Å². The van der Waals surface area contributed by atoms with E-state index in [0.717, 1.165) is 6.08 Å². The van der Waals surface area contributed by atoms with Crippen LogP contribution in [0.3, 0.4) is 0 Å². The smallest absolute Gasteiger partial charge is 0.422 e. The maximum Gasteiger partial charge on any atom is 0.435 e. The molecule has 0 saturated heterocycles. The number of halogens is 4. The first-order chi connectivity index (χ1) is 15.2. The van der Waals surface area contributed by atoms with Crippen molar-refractivity contribution in [3.8, 4) is 5.75 Å². The van der Waals surface area contributed by atoms with Crippen LogP contribution in [0, 0.1) is 0 Å². The van der Waals surface area contributed by atoms with Gasteiger partial charge in [-0.15, -0.1) is 11.3 Å². The minimum absolute atomic E-state index is 0.153. The van der Waals surface area contributed by atoms with Crippen LogP contribution in [0.25, 0.3) is 6.08 Å². The van der Waals surface area contributed by atoms with Gasteiger partial charge in [-0.3, -0.25) is 4.79 Å². The Hall–Kier alpha value is -3.43. The van der Waals surface area contributed by atoms with Crippen LogP contribution in [0.5, 0.6) is 5.75 Å². The number of amides is 1. The Labute approximate surface area is 189 Å². The number of esters is 1. The molecule has 32 heavy (non-hydrogen) atoms. The van der Waals surface area contributed by atoms with Gasteiger partial charge >= 0.3 is 12.1 Å². The molecule has 3 aromatic rings. The van der Waals surface area contributed by atoms with Crippen molar-refractivity contribution in [1.29, 1.82) is 0 Å². The van der Waals surface area contributed by atoms with Gasteiger partial charge in [-0.2, -0.15) is 23.3 Å². The summed E-state index contributed by atoms with van der Waals surface area (Å²) in [5, 5.41) is 6.29. The average molecular weight is 477 g/mol. The van der Waals surface area contributed by atoms with Crippen molar-refractivity contribution in [2.24, 2.45) is 5.10 Å². The van der Waals surface area contributed by atoms with Gasteiger partial charge in [0.15, 0.2) is 5.71 Å². The number of carbonyl (C=O) groups is 2. The number of ether oxygens (including phenoxy) is 1. The van der Waals surface area contributed by atoms with Gasteiger partial charge in [-0.25, -0.2) is 4.79 Å². The predicted octanol–water partition coefficient (Wildman–Crippen LogP) is 5.97. The molecule has 0 fully saturated rings. The van der Waals surface area contributed by atoms with Crippen LogP contribution in [0.1, 0.15) is 15.2 Å². The largest absolute Gasteiger partial charge is 0.435 e. The van der Waals surface area contributed by atoms with E-state index in [1.807, 2.05) is 0 Å². The zero-order valence-corrected chi connectivity index (χ0v) is 17.5. The topological polar surface area (TPSA) is 59.0 Å². The first-order valence-electron chi connectivity index (χ1n) is 9.06. The van der Waals surface area contributed by atoms with Crippen molar-refractivity contribution >= 4 is 52.3 Å². The third kappa shape index (κ3) is 4.58. The first-order valence-corrected chi connectivity index (χ1v) is 10.3. The highest BCUT2D eigenvalue weighted by Gasteiger charge is 2.46. The standard InChI is InChI=1S/C22H12ClF3N2O3S/c23-14-5-7-15(8-6-14)28-20(29)17(19(27-28)22(24,25)26)12-13-3-9-16(10-4-13)31-21(30)18-2-1-11-32-18/h1-12H. The second kappa shape index (κ2) is 8.60. The number of thiophene rings is 1. The third-order valence-corrected chi connectivity index (χ3v) is 5.44. The van der Waals surface area contributed by atoms with Crippen LogP contribution >= 0.6 is 22.9 Å². The molecule has 1 aromatic heterocycles. The Morgan fingerprint density at radius 3 is 2.34 bits per heavy atom. The molecular weight excluding hydrogens is 465 g/mol. The van der Waals surface area contributed by atoms with E-state index < -0.39 is 29.3 Å². The van der Waals surface area contributed by atoms with Crippen molar-refractivity contribution in [3.63, 3.8) is 0 Å². The van der Waals surface area contributed by atoms with Crippen LogP contribution in [0.15, 0.2) is 76.7 Å². The molecule has 1 aliphatic heterocycles. The zero-order valence-electron chi connectivity index (χ0n) is 16.0. The molecule has 10 heteroatoms. The van der Waals surface area contributed by atoms with Gasteiger partial charge in [0.1, 0.15) is 10.6 Å². The summed E-state index contributed by atoms with van der Waals surface area (Å²) in [6.07, 6.45) is -3.74. The third-order valence-electron chi connectivity index (χ3n) is 4.34. The van der Waals surface area contributed by atoms with E-state index in [2.05, 4.69) is 5.10 Å². The minimum Gasteiger partial charge on any atom is -0.422 e. The van der Waals surface area contributed by atoms with Crippen molar-refractivity contribution < 1.29 is 27.5 Å². The molecule has 0 saturated carbocycles. The second-order valence-corrected chi connectivity index (χ2v) is 7.92. The molecule has 0 spiro atoms. The lowest BCUT2D eigenvalue weighted by Crippen LogP contribution is -2.25. The molecule has 5 nitrogen and oxygen atoms in total. The number of hydrogen-bond acceptors (Lipinski definition) is 5. The number of alkyl halides is 3. The number of carbonyl (C=O) groups excluding carboxylic acids is 2. The summed E-state index contributed by atoms with van der Waals surface area (Å²) in [4.78, 5) is 25.2. The van der Waals surface area contributed by atoms with Crippen molar-refractivity contribution in [2.45, 2.75) is 6.18 Å². The summed E-state index contributed by atoms with van der Waals surface area (Å²) in [5.41, 5.74) is -1.44. The molecule has 2 heterocycles. The lowest BCUT2D eigenvalue weighted by molar-refractivity contribution is -0.114. The second-order valence-electron chi connectivity index (χ2n) is 6.53. The van der Waals surface area contributed by atoms with Crippen LogP contribution in [0.2, 0.25) is 5.02 Å². The van der Waals surface area contributed by atoms with Crippen molar-refractivity contribution in [1.82, 2.24) is 0 Å². The Bertz CT molecular complexity index is 1220. The number of rotatable bonds is 4. The van der Waals surface area contributed by atoms with Crippen LogP contribution in [-0.4, -0.2) is 23.8 Å². The van der Waals surface area contributed by atoms with E-state index in [0.29, 0.717) is 20.5 Å². The van der Waals surface area contributed by atoms with E-state index in [9.17, 15) is 22.8 Å². The van der Waals surface area contributed by atoms with Crippen LogP contribution in [0.4, 0.5) is 18.9 Å². The van der Waals surface area contributed by atoms with Gasteiger partial charge in [0.2, 0.25) is 0 Å². The summed E-state index contributed by atoms with van der Waals surface area (Å²) in [7, 11) is 0. The van der Waals surface area contributed by atoms with E-state index in [-0.39, 0.29) is 11.4 Å². The molecule has 0 unspecified atom stereocenters. The Morgan fingerprint density at radius 1 is 1.06 bits per heavy atom. The van der Waals surface area contributed by atoms with E-state index in [1.54, 1.807) is 17.5 Å². The Kier molecular flexibility index (Phi) is 5.86. The predicted molar refractivity (Wildman–Crippen MR) is 116 cm³/mol. The van der Waals surface area contributed by atoms with E-state index in [1.165, 1.54) is 59.9 Å². The summed E-state index contributed by atoms with van der Waals surface area (Å²) in [6.45, 7) is 0. The molecule has 2 aromatic carbocycles. The molecule has 4 rings (SSSR count). The van der Waals surface area contributed by atoms with Gasteiger partial charge in [-0.05, 0) is 59.5 Å². The number of hydrogen-bond donors (Lipinski definition) is 0. The molecule has 0 N–H and O–H groups in total. The molecule has 162 valence electrons. The molecule has 0 atom stereocenters. The fraction of sp³-hybridized carbons (Fsp3) is 0.0455. The summed E-state index contributed by atoms with van der Waals surface area (Å²) >= 11 is 7.03. The number of nitrogens with zero attached hydrogens (tertiary/aromatic N) is 2. The van der Waals surface area contributed by atoms with Gasteiger partial charge < -0.3 is 4.74 Å².